The maximum absolute atomic E-state index is 12.7. The zero-order valence-electron chi connectivity index (χ0n) is 17.9. The van der Waals surface area contributed by atoms with Crippen LogP contribution in [0.25, 0.3) is 0 Å². The van der Waals surface area contributed by atoms with E-state index < -0.39 is 0 Å². The fourth-order valence-electron chi connectivity index (χ4n) is 4.16. The number of hydrogen-bond acceptors (Lipinski definition) is 5. The molecule has 2 aliphatic rings. The number of anilines is 1. The number of benzene rings is 1. The summed E-state index contributed by atoms with van der Waals surface area (Å²) in [4.78, 5) is 37.1. The largest absolute Gasteiger partial charge is 0.467 e. The van der Waals surface area contributed by atoms with Gasteiger partial charge in [0, 0.05) is 49.8 Å². The van der Waals surface area contributed by atoms with Crippen molar-refractivity contribution < 1.29 is 14.3 Å². The Bertz CT molecular complexity index is 927. The van der Waals surface area contributed by atoms with Gasteiger partial charge in [-0.2, -0.15) is 0 Å². The van der Waals surface area contributed by atoms with Gasteiger partial charge >= 0.3 is 18.1 Å². The van der Waals surface area contributed by atoms with Crippen molar-refractivity contribution in [3.05, 3.63) is 47.8 Å². The van der Waals surface area contributed by atoms with Gasteiger partial charge in [0.15, 0.2) is 0 Å². The van der Waals surface area contributed by atoms with E-state index in [0.717, 1.165) is 29.7 Å². The third kappa shape index (κ3) is 4.87. The molecular weight excluding hydrogens is 396 g/mol. The van der Waals surface area contributed by atoms with Crippen LogP contribution in [0.3, 0.4) is 0 Å². The molecule has 3 heterocycles. The number of para-hydroxylation sites is 1. The number of piperidine rings is 1. The number of urea groups is 2. The topological polar surface area (TPSA) is 99.7 Å². The van der Waals surface area contributed by atoms with Crippen LogP contribution in [0.4, 0.5) is 15.3 Å². The molecular formula is C22H28N6O3. The Morgan fingerprint density at radius 2 is 1.97 bits per heavy atom. The van der Waals surface area contributed by atoms with Crippen molar-refractivity contribution in [3.63, 3.8) is 0 Å². The minimum atomic E-state index is -0.0752. The summed E-state index contributed by atoms with van der Waals surface area (Å²) >= 11 is 0. The van der Waals surface area contributed by atoms with Crippen LogP contribution >= 0.6 is 0 Å². The van der Waals surface area contributed by atoms with Crippen molar-refractivity contribution in [2.45, 2.75) is 44.8 Å². The molecule has 164 valence electrons. The maximum atomic E-state index is 12.7. The number of ether oxygens (including phenoxy) is 1. The lowest BCUT2D eigenvalue weighted by Gasteiger charge is -2.40. The van der Waals surface area contributed by atoms with Crippen LogP contribution in [0.1, 0.15) is 30.9 Å². The Labute approximate surface area is 181 Å². The van der Waals surface area contributed by atoms with Gasteiger partial charge in [0.05, 0.1) is 7.11 Å². The lowest BCUT2D eigenvalue weighted by atomic mass is 10.0. The Hall–Kier alpha value is -3.36. The molecule has 1 unspecified atom stereocenters. The molecule has 31 heavy (non-hydrogen) atoms. The van der Waals surface area contributed by atoms with Gasteiger partial charge in [0.25, 0.3) is 0 Å². The molecule has 0 bridgehead atoms. The number of carbonyl (C=O) groups excluding carboxylic acids is 2. The lowest BCUT2D eigenvalue weighted by Crippen LogP contribution is -2.53. The molecule has 1 aromatic carbocycles. The molecule has 1 atom stereocenters. The number of nitrogens with one attached hydrogen (secondary N) is 2. The van der Waals surface area contributed by atoms with Crippen LogP contribution in [-0.4, -0.2) is 64.1 Å². The SMILES string of the molecule is COc1ncc(CC(C)NC(=O)N2CCC(N3Cc4ccccc4NC3=O)CC2)cn1. The van der Waals surface area contributed by atoms with E-state index in [2.05, 4.69) is 20.6 Å². The van der Waals surface area contributed by atoms with Crippen molar-refractivity contribution in [2.75, 3.05) is 25.5 Å². The average Bonchev–Trinajstić information content (AvgIpc) is 2.79. The second-order valence-electron chi connectivity index (χ2n) is 8.07. The molecule has 4 amide bonds. The first-order valence-corrected chi connectivity index (χ1v) is 10.6. The molecule has 4 rings (SSSR count). The average molecular weight is 425 g/mol. The summed E-state index contributed by atoms with van der Waals surface area (Å²) in [5, 5.41) is 6.02. The van der Waals surface area contributed by atoms with E-state index in [-0.39, 0.29) is 24.1 Å². The lowest BCUT2D eigenvalue weighted by molar-refractivity contribution is 0.127. The van der Waals surface area contributed by atoms with Crippen LogP contribution < -0.4 is 15.4 Å². The summed E-state index contributed by atoms with van der Waals surface area (Å²) < 4.78 is 4.97. The molecule has 0 radical (unpaired) electrons. The van der Waals surface area contributed by atoms with Crippen LogP contribution in [0.15, 0.2) is 36.7 Å². The fourth-order valence-corrected chi connectivity index (χ4v) is 4.16. The van der Waals surface area contributed by atoms with E-state index in [4.69, 9.17) is 4.74 Å². The van der Waals surface area contributed by atoms with Crippen molar-refractivity contribution in [1.29, 1.82) is 0 Å². The molecule has 9 heteroatoms. The molecule has 1 fully saturated rings. The third-order valence-corrected chi connectivity index (χ3v) is 5.83. The van der Waals surface area contributed by atoms with Gasteiger partial charge < -0.3 is 25.2 Å². The minimum Gasteiger partial charge on any atom is -0.467 e. The number of amides is 4. The highest BCUT2D eigenvalue weighted by Gasteiger charge is 2.32. The molecule has 2 aliphatic heterocycles. The predicted molar refractivity (Wildman–Crippen MR) is 116 cm³/mol. The van der Waals surface area contributed by atoms with E-state index in [1.54, 1.807) is 12.4 Å². The number of hydrogen-bond donors (Lipinski definition) is 2. The zero-order valence-corrected chi connectivity index (χ0v) is 17.9. The number of carbonyl (C=O) groups is 2. The Morgan fingerprint density at radius 1 is 1.26 bits per heavy atom. The van der Waals surface area contributed by atoms with Gasteiger partial charge in [-0.25, -0.2) is 19.6 Å². The summed E-state index contributed by atoms with van der Waals surface area (Å²) in [5.41, 5.74) is 2.94. The van der Waals surface area contributed by atoms with E-state index in [9.17, 15) is 9.59 Å². The van der Waals surface area contributed by atoms with Gasteiger partial charge in [-0.1, -0.05) is 18.2 Å². The summed E-state index contributed by atoms with van der Waals surface area (Å²) in [5.74, 6) is 0. The monoisotopic (exact) mass is 424 g/mol. The normalized spacial score (nSPS) is 17.5. The van der Waals surface area contributed by atoms with E-state index in [0.29, 0.717) is 32.1 Å². The van der Waals surface area contributed by atoms with Crippen molar-refractivity contribution in [1.82, 2.24) is 25.1 Å². The quantitative estimate of drug-likeness (QED) is 0.769. The number of methoxy groups -OCH3 is 1. The molecule has 1 aromatic heterocycles. The molecule has 9 nitrogen and oxygen atoms in total. The van der Waals surface area contributed by atoms with Crippen molar-refractivity contribution in [3.8, 4) is 6.01 Å². The molecule has 0 spiro atoms. The third-order valence-electron chi connectivity index (χ3n) is 5.83. The molecule has 2 aromatic rings. The highest BCUT2D eigenvalue weighted by molar-refractivity contribution is 5.92. The molecule has 0 aliphatic carbocycles. The number of nitrogens with zero attached hydrogens (tertiary/aromatic N) is 4. The predicted octanol–water partition coefficient (Wildman–Crippen LogP) is 2.64. The van der Waals surface area contributed by atoms with E-state index in [1.165, 1.54) is 7.11 Å². The Kier molecular flexibility index (Phi) is 6.20. The summed E-state index contributed by atoms with van der Waals surface area (Å²) in [7, 11) is 1.53. The molecule has 0 saturated carbocycles. The molecule has 1 saturated heterocycles. The summed E-state index contributed by atoms with van der Waals surface area (Å²) in [6.45, 7) is 3.82. The highest BCUT2D eigenvalue weighted by Crippen LogP contribution is 2.27. The van der Waals surface area contributed by atoms with Gasteiger partial charge in [-0.05, 0) is 43.4 Å². The van der Waals surface area contributed by atoms with Crippen LogP contribution in [0, 0.1) is 0 Å². The van der Waals surface area contributed by atoms with Crippen LogP contribution in [0.5, 0.6) is 6.01 Å². The Morgan fingerprint density at radius 3 is 2.68 bits per heavy atom. The second kappa shape index (κ2) is 9.20. The fraction of sp³-hybridized carbons (Fsp3) is 0.455. The highest BCUT2D eigenvalue weighted by atomic mass is 16.5. The van der Waals surface area contributed by atoms with E-state index in [1.807, 2.05) is 41.0 Å². The Balaban J connectivity index is 1.26. The maximum Gasteiger partial charge on any atom is 0.322 e. The second-order valence-corrected chi connectivity index (χ2v) is 8.07. The van der Waals surface area contributed by atoms with Crippen LogP contribution in [0.2, 0.25) is 0 Å². The number of aromatic nitrogens is 2. The van der Waals surface area contributed by atoms with Gasteiger partial charge in [0.1, 0.15) is 0 Å². The van der Waals surface area contributed by atoms with Gasteiger partial charge in [-0.15, -0.1) is 0 Å². The van der Waals surface area contributed by atoms with Gasteiger partial charge in [0.2, 0.25) is 0 Å². The van der Waals surface area contributed by atoms with Crippen molar-refractivity contribution >= 4 is 17.7 Å². The molecule has 2 N–H and O–H groups in total. The number of rotatable bonds is 5. The first kappa shape index (κ1) is 20.9. The number of likely N-dealkylation sites (tertiary alicyclic amines) is 1. The van der Waals surface area contributed by atoms with Crippen LogP contribution in [-0.2, 0) is 13.0 Å². The minimum absolute atomic E-state index is 0.0495. The summed E-state index contributed by atoms with van der Waals surface area (Å²) in [6.07, 6.45) is 5.59. The smallest absolute Gasteiger partial charge is 0.322 e. The first-order valence-electron chi connectivity index (χ1n) is 10.6. The van der Waals surface area contributed by atoms with Gasteiger partial charge in [-0.3, -0.25) is 0 Å². The zero-order chi connectivity index (χ0) is 21.8. The number of fused-ring (bicyclic) bond motifs is 1. The van der Waals surface area contributed by atoms with Crippen molar-refractivity contribution in [2.24, 2.45) is 0 Å². The first-order chi connectivity index (χ1) is 15.0. The van der Waals surface area contributed by atoms with E-state index >= 15 is 0 Å². The standard InChI is InChI=1S/C22H28N6O3/c1-15(11-16-12-23-20(31-2)24-13-16)25-21(29)27-9-7-18(8-10-27)28-14-17-5-3-4-6-19(17)26-22(28)30/h3-6,12-13,15,18H,7-11,14H2,1-2H3,(H,25,29)(H,26,30). The summed E-state index contributed by atoms with van der Waals surface area (Å²) in [6, 6.07) is 8.16.